The Balaban J connectivity index is 3.00. The lowest BCUT2D eigenvalue weighted by molar-refractivity contribution is -0.123. The average Bonchev–Trinajstić information content (AvgIpc) is 2.28. The quantitative estimate of drug-likeness (QED) is 0.852. The zero-order valence-corrected chi connectivity index (χ0v) is 10.5. The van der Waals surface area contributed by atoms with Crippen molar-refractivity contribution in [3.05, 3.63) is 23.8 Å². The summed E-state index contributed by atoms with van der Waals surface area (Å²) in [6.07, 6.45) is 0. The SMILES string of the molecule is COc1cc(C#N)ccc1NC(=O)C(C)(C)C. The molecule has 4 nitrogen and oxygen atoms in total. The Morgan fingerprint density at radius 1 is 1.41 bits per heavy atom. The molecule has 0 bridgehead atoms. The smallest absolute Gasteiger partial charge is 0.229 e. The lowest BCUT2D eigenvalue weighted by atomic mass is 9.95. The molecule has 1 N–H and O–H groups in total. The highest BCUT2D eigenvalue weighted by Crippen LogP contribution is 2.27. The minimum absolute atomic E-state index is 0.0968. The molecule has 0 spiro atoms. The van der Waals surface area contributed by atoms with Crippen molar-refractivity contribution in [2.45, 2.75) is 20.8 Å². The predicted octanol–water partition coefficient (Wildman–Crippen LogP) is 2.55. The number of carbonyl (C=O) groups excluding carboxylic acids is 1. The maximum Gasteiger partial charge on any atom is 0.229 e. The molecule has 0 heterocycles. The first-order valence-corrected chi connectivity index (χ1v) is 5.28. The lowest BCUT2D eigenvalue weighted by Crippen LogP contribution is -2.27. The summed E-state index contributed by atoms with van der Waals surface area (Å²) in [4.78, 5) is 11.8. The normalized spacial score (nSPS) is 10.5. The Bertz CT molecular complexity index is 467. The van der Waals surface area contributed by atoms with Crippen LogP contribution in [0.15, 0.2) is 18.2 Å². The molecule has 1 aromatic carbocycles. The van der Waals surface area contributed by atoms with Gasteiger partial charge in [-0.1, -0.05) is 20.8 Å². The third-order valence-electron chi connectivity index (χ3n) is 2.26. The number of hydrogen-bond acceptors (Lipinski definition) is 3. The highest BCUT2D eigenvalue weighted by molar-refractivity contribution is 5.95. The van der Waals surface area contributed by atoms with E-state index in [2.05, 4.69) is 5.32 Å². The van der Waals surface area contributed by atoms with Gasteiger partial charge in [-0.05, 0) is 12.1 Å². The van der Waals surface area contributed by atoms with Crippen LogP contribution in [0.2, 0.25) is 0 Å². The molecule has 0 radical (unpaired) electrons. The van der Waals surface area contributed by atoms with Crippen LogP contribution in [-0.4, -0.2) is 13.0 Å². The molecule has 0 saturated heterocycles. The van der Waals surface area contributed by atoms with Gasteiger partial charge in [-0.25, -0.2) is 0 Å². The zero-order chi connectivity index (χ0) is 13.1. The van der Waals surface area contributed by atoms with Crippen LogP contribution in [0.3, 0.4) is 0 Å². The molecule has 1 amide bonds. The number of carbonyl (C=O) groups is 1. The fourth-order valence-electron chi connectivity index (χ4n) is 1.17. The second-order valence-electron chi connectivity index (χ2n) is 4.73. The molecular formula is C13H16N2O2. The maximum atomic E-state index is 11.8. The van der Waals surface area contributed by atoms with E-state index in [1.165, 1.54) is 7.11 Å². The van der Waals surface area contributed by atoms with E-state index in [0.717, 1.165) is 0 Å². The van der Waals surface area contributed by atoms with Crippen molar-refractivity contribution in [3.8, 4) is 11.8 Å². The van der Waals surface area contributed by atoms with Gasteiger partial charge >= 0.3 is 0 Å². The molecule has 1 aromatic rings. The first-order chi connectivity index (χ1) is 7.88. The number of rotatable bonds is 2. The molecule has 90 valence electrons. The third kappa shape index (κ3) is 3.22. The zero-order valence-electron chi connectivity index (χ0n) is 10.5. The summed E-state index contributed by atoms with van der Waals surface area (Å²) in [5.74, 6) is 0.391. The van der Waals surface area contributed by atoms with E-state index in [0.29, 0.717) is 17.0 Å². The molecule has 0 fully saturated rings. The van der Waals surface area contributed by atoms with E-state index in [4.69, 9.17) is 10.00 Å². The van der Waals surface area contributed by atoms with E-state index >= 15 is 0 Å². The monoisotopic (exact) mass is 232 g/mol. The molecule has 0 atom stereocenters. The first kappa shape index (κ1) is 13.0. The average molecular weight is 232 g/mol. The van der Waals surface area contributed by atoms with Gasteiger partial charge in [-0.3, -0.25) is 4.79 Å². The topological polar surface area (TPSA) is 62.1 Å². The van der Waals surface area contributed by atoms with E-state index in [1.54, 1.807) is 18.2 Å². The van der Waals surface area contributed by atoms with Crippen LogP contribution >= 0.6 is 0 Å². The molecule has 0 aliphatic rings. The number of methoxy groups -OCH3 is 1. The van der Waals surface area contributed by atoms with Crippen molar-refractivity contribution in [1.29, 1.82) is 5.26 Å². The van der Waals surface area contributed by atoms with Gasteiger partial charge in [0.15, 0.2) is 0 Å². The fraction of sp³-hybridized carbons (Fsp3) is 0.385. The van der Waals surface area contributed by atoms with E-state index < -0.39 is 5.41 Å². The highest BCUT2D eigenvalue weighted by Gasteiger charge is 2.22. The summed E-state index contributed by atoms with van der Waals surface area (Å²) in [5.41, 5.74) is 0.598. The molecule has 0 aromatic heterocycles. The second kappa shape index (κ2) is 4.88. The van der Waals surface area contributed by atoms with E-state index in [1.807, 2.05) is 26.8 Å². The summed E-state index contributed by atoms with van der Waals surface area (Å²) < 4.78 is 5.14. The third-order valence-corrected chi connectivity index (χ3v) is 2.26. The predicted molar refractivity (Wildman–Crippen MR) is 65.8 cm³/mol. The van der Waals surface area contributed by atoms with Gasteiger partial charge in [0.1, 0.15) is 5.75 Å². The van der Waals surface area contributed by atoms with Gasteiger partial charge in [0.25, 0.3) is 0 Å². The lowest BCUT2D eigenvalue weighted by Gasteiger charge is -2.19. The summed E-state index contributed by atoms with van der Waals surface area (Å²) in [6.45, 7) is 5.50. The van der Waals surface area contributed by atoms with Crippen molar-refractivity contribution in [1.82, 2.24) is 0 Å². The van der Waals surface area contributed by atoms with E-state index in [-0.39, 0.29) is 5.91 Å². The number of ether oxygens (including phenoxy) is 1. The summed E-state index contributed by atoms with van der Waals surface area (Å²) in [5, 5.41) is 11.5. The van der Waals surface area contributed by atoms with Gasteiger partial charge in [0.05, 0.1) is 24.4 Å². The van der Waals surface area contributed by atoms with Crippen molar-refractivity contribution in [2.24, 2.45) is 5.41 Å². The van der Waals surface area contributed by atoms with Gasteiger partial charge in [0.2, 0.25) is 5.91 Å². The number of nitrogens with one attached hydrogen (secondary N) is 1. The largest absolute Gasteiger partial charge is 0.495 e. The molecular weight excluding hydrogens is 216 g/mol. The number of nitriles is 1. The minimum Gasteiger partial charge on any atom is -0.495 e. The van der Waals surface area contributed by atoms with Crippen LogP contribution in [0.1, 0.15) is 26.3 Å². The van der Waals surface area contributed by atoms with Crippen molar-refractivity contribution in [3.63, 3.8) is 0 Å². The van der Waals surface area contributed by atoms with Crippen LogP contribution in [0, 0.1) is 16.7 Å². The van der Waals surface area contributed by atoms with Gasteiger partial charge in [-0.2, -0.15) is 5.26 Å². The van der Waals surface area contributed by atoms with Crippen LogP contribution in [0.5, 0.6) is 5.75 Å². The molecule has 0 unspecified atom stereocenters. The van der Waals surface area contributed by atoms with Crippen molar-refractivity contribution < 1.29 is 9.53 Å². The van der Waals surface area contributed by atoms with Crippen LogP contribution < -0.4 is 10.1 Å². The number of amides is 1. The maximum absolute atomic E-state index is 11.8. The molecule has 1 rings (SSSR count). The number of nitrogens with zero attached hydrogens (tertiary/aromatic N) is 1. The summed E-state index contributed by atoms with van der Waals surface area (Å²) in [6, 6.07) is 6.92. The minimum atomic E-state index is -0.473. The summed E-state index contributed by atoms with van der Waals surface area (Å²) >= 11 is 0. The van der Waals surface area contributed by atoms with Crippen LogP contribution in [-0.2, 0) is 4.79 Å². The fourth-order valence-corrected chi connectivity index (χ4v) is 1.17. The van der Waals surface area contributed by atoms with Crippen molar-refractivity contribution in [2.75, 3.05) is 12.4 Å². The van der Waals surface area contributed by atoms with Crippen LogP contribution in [0.25, 0.3) is 0 Å². The molecule has 0 aliphatic carbocycles. The first-order valence-electron chi connectivity index (χ1n) is 5.28. The Kier molecular flexibility index (Phi) is 3.74. The van der Waals surface area contributed by atoms with Crippen LogP contribution in [0.4, 0.5) is 5.69 Å². The standard InChI is InChI=1S/C13H16N2O2/c1-13(2,3)12(16)15-10-6-5-9(8-14)7-11(10)17-4/h5-7H,1-4H3,(H,15,16). The molecule has 17 heavy (non-hydrogen) atoms. The highest BCUT2D eigenvalue weighted by atomic mass is 16.5. The Labute approximate surface area is 101 Å². The summed E-state index contributed by atoms with van der Waals surface area (Å²) in [7, 11) is 1.50. The molecule has 4 heteroatoms. The van der Waals surface area contributed by atoms with Gasteiger partial charge in [-0.15, -0.1) is 0 Å². The number of anilines is 1. The molecule has 0 aliphatic heterocycles. The number of hydrogen-bond donors (Lipinski definition) is 1. The Hall–Kier alpha value is -2.02. The molecule has 0 saturated carbocycles. The van der Waals surface area contributed by atoms with Gasteiger partial charge < -0.3 is 10.1 Å². The Morgan fingerprint density at radius 3 is 2.53 bits per heavy atom. The Morgan fingerprint density at radius 2 is 2.06 bits per heavy atom. The second-order valence-corrected chi connectivity index (χ2v) is 4.73. The van der Waals surface area contributed by atoms with E-state index in [9.17, 15) is 4.79 Å². The number of benzene rings is 1. The van der Waals surface area contributed by atoms with Crippen molar-refractivity contribution >= 4 is 11.6 Å². The van der Waals surface area contributed by atoms with Gasteiger partial charge in [0, 0.05) is 11.5 Å².